The molecule has 0 radical (unpaired) electrons. The van der Waals surface area contributed by atoms with Crippen molar-refractivity contribution >= 4 is 11.9 Å². The molecule has 0 aromatic rings. The van der Waals surface area contributed by atoms with Crippen LogP contribution < -0.4 is 5.32 Å². The number of rotatable bonds is 2. The molecule has 2 aliphatic carbocycles. The third-order valence-electron chi connectivity index (χ3n) is 7.40. The third kappa shape index (κ3) is 2.20. The van der Waals surface area contributed by atoms with Gasteiger partial charge in [-0.25, -0.2) is 4.79 Å². The number of ether oxygens (including phenoxy) is 1. The second-order valence-corrected chi connectivity index (χ2v) is 8.60. The zero-order valence-electron chi connectivity index (χ0n) is 15.6. The molecular formula is C20H28N2O3. The van der Waals surface area contributed by atoms with Crippen LogP contribution in [0.2, 0.25) is 0 Å². The summed E-state index contributed by atoms with van der Waals surface area (Å²) in [6.07, 6.45) is 9.18. The minimum atomic E-state index is -0.290. The van der Waals surface area contributed by atoms with Crippen LogP contribution in [0.5, 0.6) is 0 Å². The van der Waals surface area contributed by atoms with Gasteiger partial charge in [0.2, 0.25) is 5.91 Å². The summed E-state index contributed by atoms with van der Waals surface area (Å²) >= 11 is 0. The lowest BCUT2D eigenvalue weighted by atomic mass is 9.50. The lowest BCUT2D eigenvalue weighted by molar-refractivity contribution is -0.135. The average molecular weight is 344 g/mol. The van der Waals surface area contributed by atoms with Gasteiger partial charge in [0.15, 0.2) is 0 Å². The first-order chi connectivity index (χ1) is 11.8. The molecule has 2 saturated carbocycles. The monoisotopic (exact) mass is 344 g/mol. The molecule has 1 amide bonds. The van der Waals surface area contributed by atoms with Gasteiger partial charge in [0.05, 0.1) is 7.11 Å². The zero-order valence-corrected chi connectivity index (χ0v) is 15.6. The predicted molar refractivity (Wildman–Crippen MR) is 94.2 cm³/mol. The first kappa shape index (κ1) is 16.7. The number of carbonyl (C=O) groups is 2. The number of hydrogen-bond acceptors (Lipinski definition) is 4. The van der Waals surface area contributed by atoms with E-state index >= 15 is 0 Å². The van der Waals surface area contributed by atoms with E-state index in [1.165, 1.54) is 12.8 Å². The van der Waals surface area contributed by atoms with Gasteiger partial charge >= 0.3 is 5.97 Å². The van der Waals surface area contributed by atoms with E-state index in [2.05, 4.69) is 30.1 Å². The van der Waals surface area contributed by atoms with Gasteiger partial charge in [-0.2, -0.15) is 0 Å². The molecule has 2 aliphatic heterocycles. The van der Waals surface area contributed by atoms with E-state index < -0.39 is 0 Å². The zero-order chi connectivity index (χ0) is 18.0. The quantitative estimate of drug-likeness (QED) is 0.618. The summed E-state index contributed by atoms with van der Waals surface area (Å²) in [7, 11) is 1.42. The summed E-state index contributed by atoms with van der Waals surface area (Å²) in [5.74, 6) is 1.22. The number of allylic oxidation sites excluding steroid dienone is 1. The molecule has 5 nitrogen and oxygen atoms in total. The largest absolute Gasteiger partial charge is 0.466 e. The van der Waals surface area contributed by atoms with E-state index in [1.807, 2.05) is 0 Å². The summed E-state index contributed by atoms with van der Waals surface area (Å²) in [4.78, 5) is 26.2. The Kier molecular flexibility index (Phi) is 3.57. The van der Waals surface area contributed by atoms with E-state index in [0.29, 0.717) is 17.8 Å². The maximum Gasteiger partial charge on any atom is 0.332 e. The van der Waals surface area contributed by atoms with Crippen LogP contribution in [0.3, 0.4) is 0 Å². The third-order valence-corrected chi connectivity index (χ3v) is 7.40. The number of nitrogens with one attached hydrogen (secondary N) is 1. The summed E-state index contributed by atoms with van der Waals surface area (Å²) in [6, 6.07) is 0. The van der Waals surface area contributed by atoms with E-state index in [-0.39, 0.29) is 23.0 Å². The van der Waals surface area contributed by atoms with Gasteiger partial charge in [-0.3, -0.25) is 4.79 Å². The first-order valence-corrected chi connectivity index (χ1v) is 9.37. The topological polar surface area (TPSA) is 58.6 Å². The van der Waals surface area contributed by atoms with Crippen molar-refractivity contribution in [2.75, 3.05) is 7.11 Å². The molecule has 3 fully saturated rings. The molecule has 3 bridgehead atoms. The minimum Gasteiger partial charge on any atom is -0.466 e. The van der Waals surface area contributed by atoms with Crippen molar-refractivity contribution in [3.63, 3.8) is 0 Å². The van der Waals surface area contributed by atoms with Crippen molar-refractivity contribution in [3.8, 4) is 0 Å². The molecule has 25 heavy (non-hydrogen) atoms. The van der Waals surface area contributed by atoms with E-state index in [0.717, 1.165) is 37.8 Å². The Labute approximate surface area is 149 Å². The van der Waals surface area contributed by atoms with E-state index in [4.69, 9.17) is 4.74 Å². The fourth-order valence-corrected chi connectivity index (χ4v) is 6.18. The number of esters is 1. The maximum absolute atomic E-state index is 11.9. The molecule has 5 atom stereocenters. The second kappa shape index (κ2) is 5.36. The smallest absolute Gasteiger partial charge is 0.332 e. The maximum atomic E-state index is 11.9. The Morgan fingerprint density at radius 3 is 2.76 bits per heavy atom. The number of hydrogen-bond donors (Lipinski definition) is 1. The molecular weight excluding hydrogens is 316 g/mol. The summed E-state index contributed by atoms with van der Waals surface area (Å²) in [5, 5.41) is 3.31. The summed E-state index contributed by atoms with van der Waals surface area (Å²) < 4.78 is 4.87. The standard InChI is InChI=1S/C20H28N2O3/c1-12(23)21-20(3)13-7-8-19(2)14(9-13)10-16(20)17-6-5-15(22(17)19)11-18(24)25-4/h6,11,13-14,16H,5,7-10H2,1-4H3,(H,21,23)/b15-11+/t13-,14+,16-,19+,20?/m0/s1. The van der Waals surface area contributed by atoms with Crippen LogP contribution in [-0.2, 0) is 14.3 Å². The lowest BCUT2D eigenvalue weighted by Gasteiger charge is -2.66. The molecule has 136 valence electrons. The average Bonchev–Trinajstić information content (AvgIpc) is 2.97. The number of amides is 1. The molecule has 5 heteroatoms. The summed E-state index contributed by atoms with van der Waals surface area (Å²) in [6.45, 7) is 6.21. The van der Waals surface area contributed by atoms with Crippen LogP contribution in [0.1, 0.15) is 52.9 Å². The Hall–Kier alpha value is -1.78. The SMILES string of the molecule is COC(=O)/C=C1\CC=C2[C@@H]3C[C@H]4C[C@H](CC[C@@]4(C)N21)C3(C)NC(C)=O. The number of fused-ring (bicyclic) bond motifs is 5. The van der Waals surface area contributed by atoms with Crippen molar-refractivity contribution in [1.82, 2.24) is 10.2 Å². The van der Waals surface area contributed by atoms with Crippen LogP contribution >= 0.6 is 0 Å². The van der Waals surface area contributed by atoms with Gasteiger partial charge in [-0.1, -0.05) is 6.08 Å². The Balaban J connectivity index is 1.79. The van der Waals surface area contributed by atoms with Gasteiger partial charge in [0.1, 0.15) is 0 Å². The summed E-state index contributed by atoms with van der Waals surface area (Å²) in [5.41, 5.74) is 2.22. The molecule has 2 heterocycles. The fourth-order valence-electron chi connectivity index (χ4n) is 6.18. The lowest BCUT2D eigenvalue weighted by Crippen LogP contribution is -2.70. The highest BCUT2D eigenvalue weighted by Crippen LogP contribution is 2.62. The molecule has 1 unspecified atom stereocenters. The number of nitrogens with zero attached hydrogens (tertiary/aromatic N) is 1. The highest BCUT2D eigenvalue weighted by molar-refractivity contribution is 5.83. The highest BCUT2D eigenvalue weighted by atomic mass is 16.5. The molecule has 1 saturated heterocycles. The Morgan fingerprint density at radius 2 is 2.08 bits per heavy atom. The molecule has 0 aromatic carbocycles. The van der Waals surface area contributed by atoms with Crippen molar-refractivity contribution in [2.24, 2.45) is 17.8 Å². The van der Waals surface area contributed by atoms with Gasteiger partial charge in [-0.05, 0) is 51.4 Å². The highest BCUT2D eigenvalue weighted by Gasteiger charge is 2.62. The minimum absolute atomic E-state index is 0.0512. The van der Waals surface area contributed by atoms with Gasteiger partial charge in [0, 0.05) is 47.8 Å². The molecule has 4 rings (SSSR count). The number of carbonyl (C=O) groups excluding carboxylic acids is 2. The molecule has 0 spiro atoms. The number of piperidine rings is 1. The molecule has 1 N–H and O–H groups in total. The normalized spacial score (nSPS) is 42.9. The van der Waals surface area contributed by atoms with E-state index in [1.54, 1.807) is 13.0 Å². The second-order valence-electron chi connectivity index (χ2n) is 8.60. The van der Waals surface area contributed by atoms with Gasteiger partial charge in [-0.15, -0.1) is 0 Å². The van der Waals surface area contributed by atoms with Gasteiger partial charge < -0.3 is 15.0 Å². The van der Waals surface area contributed by atoms with Crippen molar-refractivity contribution in [2.45, 2.75) is 64.0 Å². The van der Waals surface area contributed by atoms with Crippen molar-refractivity contribution in [1.29, 1.82) is 0 Å². The van der Waals surface area contributed by atoms with Crippen LogP contribution in [0.25, 0.3) is 0 Å². The van der Waals surface area contributed by atoms with Crippen molar-refractivity contribution in [3.05, 3.63) is 23.5 Å². The van der Waals surface area contributed by atoms with Gasteiger partial charge in [0.25, 0.3) is 0 Å². The van der Waals surface area contributed by atoms with Crippen LogP contribution in [0.4, 0.5) is 0 Å². The Morgan fingerprint density at radius 1 is 1.32 bits per heavy atom. The van der Waals surface area contributed by atoms with E-state index in [9.17, 15) is 9.59 Å². The first-order valence-electron chi connectivity index (χ1n) is 9.37. The van der Waals surface area contributed by atoms with Crippen molar-refractivity contribution < 1.29 is 14.3 Å². The fraction of sp³-hybridized carbons (Fsp3) is 0.700. The molecule has 0 aromatic heterocycles. The number of methoxy groups -OCH3 is 1. The Bertz CT molecular complexity index is 697. The van der Waals surface area contributed by atoms with Crippen LogP contribution in [0, 0.1) is 17.8 Å². The molecule has 4 aliphatic rings. The van der Waals surface area contributed by atoms with Crippen LogP contribution in [0.15, 0.2) is 23.5 Å². The predicted octanol–water partition coefficient (Wildman–Crippen LogP) is 2.74. The van der Waals surface area contributed by atoms with Crippen LogP contribution in [-0.4, -0.2) is 35.0 Å².